The molecule has 0 saturated carbocycles. The lowest BCUT2D eigenvalue weighted by Gasteiger charge is -2.20. The quantitative estimate of drug-likeness (QED) is 0.603. The van der Waals surface area contributed by atoms with E-state index in [9.17, 15) is 0 Å². The lowest BCUT2D eigenvalue weighted by molar-refractivity contribution is 1.39. The maximum absolute atomic E-state index is 3.57. The minimum Gasteiger partial charge on any atom is -0.381 e. The zero-order valence-corrected chi connectivity index (χ0v) is 13.9. The summed E-state index contributed by atoms with van der Waals surface area (Å²) in [5.41, 5.74) is 2.35. The topological polar surface area (TPSA) is 24.1 Å². The minimum atomic E-state index is -0.325. The van der Waals surface area contributed by atoms with Crippen LogP contribution in [-0.4, -0.2) is 12.6 Å². The highest BCUT2D eigenvalue weighted by Gasteiger charge is 2.10. The molecule has 0 aliphatic carbocycles. The number of rotatable bonds is 7. The van der Waals surface area contributed by atoms with Crippen LogP contribution >= 0.6 is 7.92 Å². The molecule has 0 bridgehead atoms. The van der Waals surface area contributed by atoms with E-state index in [1.54, 1.807) is 0 Å². The van der Waals surface area contributed by atoms with Gasteiger partial charge in [-0.15, -0.1) is 0 Å². The van der Waals surface area contributed by atoms with Gasteiger partial charge in [-0.3, -0.25) is 0 Å². The fraction of sp³-hybridized carbons (Fsp3) is 0.100. The van der Waals surface area contributed by atoms with E-state index in [-0.39, 0.29) is 7.92 Å². The normalized spacial score (nSPS) is 10.5. The number of benzene rings is 3. The highest BCUT2D eigenvalue weighted by molar-refractivity contribution is 7.65. The second kappa shape index (κ2) is 8.36. The van der Waals surface area contributed by atoms with Crippen LogP contribution in [0.2, 0.25) is 0 Å². The average molecular weight is 320 g/mol. The van der Waals surface area contributed by atoms with Gasteiger partial charge < -0.3 is 10.6 Å². The Morgan fingerprint density at radius 2 is 0.913 bits per heavy atom. The monoisotopic (exact) mass is 320 g/mol. The zero-order chi connectivity index (χ0) is 15.7. The lowest BCUT2D eigenvalue weighted by Crippen LogP contribution is -2.15. The van der Waals surface area contributed by atoms with E-state index in [2.05, 4.69) is 89.5 Å². The molecule has 0 amide bonds. The average Bonchev–Trinajstić information content (AvgIpc) is 2.64. The van der Waals surface area contributed by atoms with Crippen molar-refractivity contribution >= 4 is 24.6 Å². The molecule has 0 saturated heterocycles. The van der Waals surface area contributed by atoms with Crippen LogP contribution in [0.1, 0.15) is 0 Å². The van der Waals surface area contributed by atoms with E-state index in [0.717, 1.165) is 12.6 Å². The third kappa shape index (κ3) is 4.84. The minimum absolute atomic E-state index is 0.325. The Morgan fingerprint density at radius 1 is 0.522 bits per heavy atom. The van der Waals surface area contributed by atoms with Gasteiger partial charge >= 0.3 is 0 Å². The summed E-state index contributed by atoms with van der Waals surface area (Å²) < 4.78 is 0. The molecule has 2 nitrogen and oxygen atoms in total. The van der Waals surface area contributed by atoms with Crippen molar-refractivity contribution in [3.05, 3.63) is 91.0 Å². The van der Waals surface area contributed by atoms with Gasteiger partial charge in [0.25, 0.3) is 0 Å². The lowest BCUT2D eigenvalue weighted by atomic mass is 10.3. The molecule has 0 radical (unpaired) electrons. The fourth-order valence-corrected chi connectivity index (χ4v) is 4.18. The van der Waals surface area contributed by atoms with Crippen molar-refractivity contribution in [2.24, 2.45) is 0 Å². The molecule has 116 valence electrons. The number of anilines is 2. The summed E-state index contributed by atoms with van der Waals surface area (Å²) >= 11 is 0. The van der Waals surface area contributed by atoms with Crippen molar-refractivity contribution in [3.8, 4) is 0 Å². The van der Waals surface area contributed by atoms with Gasteiger partial charge in [0.1, 0.15) is 0 Å². The molecule has 0 fully saturated rings. The van der Waals surface area contributed by atoms with Crippen LogP contribution in [0.5, 0.6) is 0 Å². The highest BCUT2D eigenvalue weighted by atomic mass is 31.1. The summed E-state index contributed by atoms with van der Waals surface area (Å²) in [4.78, 5) is 0. The Bertz CT molecular complexity index is 643. The van der Waals surface area contributed by atoms with Gasteiger partial charge in [0.2, 0.25) is 0 Å². The molecule has 0 unspecified atom stereocenters. The second-order valence-corrected chi connectivity index (χ2v) is 7.51. The van der Waals surface area contributed by atoms with Crippen LogP contribution in [0.4, 0.5) is 11.4 Å². The van der Waals surface area contributed by atoms with Crippen molar-refractivity contribution in [1.82, 2.24) is 0 Å². The Balaban J connectivity index is 1.66. The standard InChI is InChI=1S/C20H21N2P/c1-4-10-18(11-5-1)21-16-23(20-14-8-3-9-15-20)17-22-19-12-6-2-7-13-19/h1-15,21-22H,16-17H2. The molecular weight excluding hydrogens is 299 g/mol. The Labute approximate surface area is 139 Å². The summed E-state index contributed by atoms with van der Waals surface area (Å²) in [6.45, 7) is 0. The first-order valence-corrected chi connectivity index (χ1v) is 9.51. The second-order valence-electron chi connectivity index (χ2n) is 5.28. The predicted octanol–water partition coefficient (Wildman–Crippen LogP) is 4.93. The molecule has 23 heavy (non-hydrogen) atoms. The van der Waals surface area contributed by atoms with Crippen molar-refractivity contribution in [2.45, 2.75) is 0 Å². The third-order valence-corrected chi connectivity index (χ3v) is 5.73. The van der Waals surface area contributed by atoms with E-state index in [1.165, 1.54) is 16.7 Å². The van der Waals surface area contributed by atoms with E-state index >= 15 is 0 Å². The Morgan fingerprint density at radius 3 is 1.35 bits per heavy atom. The molecule has 3 heteroatoms. The van der Waals surface area contributed by atoms with Gasteiger partial charge in [-0.1, -0.05) is 66.7 Å². The van der Waals surface area contributed by atoms with Crippen LogP contribution in [0.3, 0.4) is 0 Å². The van der Waals surface area contributed by atoms with Gasteiger partial charge in [-0.2, -0.15) is 0 Å². The van der Waals surface area contributed by atoms with Gasteiger partial charge in [-0.05, 0) is 37.5 Å². The smallest absolute Gasteiger partial charge is 0.0405 e. The summed E-state index contributed by atoms with van der Waals surface area (Å²) in [7, 11) is -0.325. The predicted molar refractivity (Wildman–Crippen MR) is 103 cm³/mol. The van der Waals surface area contributed by atoms with E-state index in [0.29, 0.717) is 0 Å². The van der Waals surface area contributed by atoms with Gasteiger partial charge in [-0.25, -0.2) is 0 Å². The SMILES string of the molecule is c1ccc(NCP(CNc2ccccc2)c2ccccc2)cc1. The Hall–Kier alpha value is -2.31. The molecule has 0 heterocycles. The van der Waals surface area contributed by atoms with Crippen molar-refractivity contribution < 1.29 is 0 Å². The van der Waals surface area contributed by atoms with Gasteiger partial charge in [0, 0.05) is 23.9 Å². The van der Waals surface area contributed by atoms with Crippen LogP contribution in [0.25, 0.3) is 0 Å². The molecular formula is C20H21N2P. The number of hydrogen-bond acceptors (Lipinski definition) is 2. The van der Waals surface area contributed by atoms with Crippen molar-refractivity contribution in [2.75, 3.05) is 23.2 Å². The molecule has 3 aromatic carbocycles. The van der Waals surface area contributed by atoms with Gasteiger partial charge in [0.05, 0.1) is 0 Å². The summed E-state index contributed by atoms with van der Waals surface area (Å²) in [6, 6.07) is 31.6. The summed E-state index contributed by atoms with van der Waals surface area (Å²) in [6.07, 6.45) is 1.92. The third-order valence-electron chi connectivity index (χ3n) is 3.62. The van der Waals surface area contributed by atoms with Crippen LogP contribution in [0.15, 0.2) is 91.0 Å². The fourth-order valence-electron chi connectivity index (χ4n) is 2.36. The molecule has 0 atom stereocenters. The Kier molecular flexibility index (Phi) is 5.66. The molecule has 2 N–H and O–H groups in total. The molecule has 0 aliphatic heterocycles. The molecule has 0 spiro atoms. The number of hydrogen-bond donors (Lipinski definition) is 2. The van der Waals surface area contributed by atoms with Crippen molar-refractivity contribution in [1.29, 1.82) is 0 Å². The van der Waals surface area contributed by atoms with Gasteiger partial charge in [0.15, 0.2) is 0 Å². The largest absolute Gasteiger partial charge is 0.381 e. The van der Waals surface area contributed by atoms with E-state index < -0.39 is 0 Å². The molecule has 0 aliphatic rings. The first-order valence-electron chi connectivity index (χ1n) is 7.80. The molecule has 3 aromatic rings. The van der Waals surface area contributed by atoms with Crippen LogP contribution in [0, 0.1) is 0 Å². The molecule has 3 rings (SSSR count). The zero-order valence-electron chi connectivity index (χ0n) is 13.0. The number of nitrogens with one attached hydrogen (secondary N) is 2. The molecule has 0 aromatic heterocycles. The summed E-state index contributed by atoms with van der Waals surface area (Å²) in [5, 5.41) is 8.55. The number of para-hydroxylation sites is 2. The van der Waals surface area contributed by atoms with Crippen molar-refractivity contribution in [3.63, 3.8) is 0 Å². The van der Waals surface area contributed by atoms with Crippen LogP contribution < -0.4 is 15.9 Å². The van der Waals surface area contributed by atoms with E-state index in [4.69, 9.17) is 0 Å². The maximum atomic E-state index is 3.57. The summed E-state index contributed by atoms with van der Waals surface area (Å²) in [5.74, 6) is 0. The first-order chi connectivity index (χ1) is 11.4. The first kappa shape index (κ1) is 15.6. The highest BCUT2D eigenvalue weighted by Crippen LogP contribution is 2.34. The maximum Gasteiger partial charge on any atom is 0.0405 e. The van der Waals surface area contributed by atoms with E-state index in [1.807, 2.05) is 12.1 Å². The van der Waals surface area contributed by atoms with Crippen LogP contribution in [-0.2, 0) is 0 Å².